The molecule has 2 fully saturated rings. The molecule has 2 aliphatic heterocycles. The number of hydrogen-bond acceptors (Lipinski definition) is 3. The van der Waals surface area contributed by atoms with Gasteiger partial charge in [-0.15, -0.1) is 0 Å². The van der Waals surface area contributed by atoms with Crippen LogP contribution in [-0.2, 0) is 9.53 Å². The fourth-order valence-electron chi connectivity index (χ4n) is 2.39. The predicted octanol–water partition coefficient (Wildman–Crippen LogP) is 2.46. The Bertz CT molecular complexity index is 415. The molecule has 11 heteroatoms. The van der Waals surface area contributed by atoms with Crippen LogP contribution in [0.3, 0.4) is 0 Å². The molecule has 0 aromatic heterocycles. The predicted molar refractivity (Wildman–Crippen MR) is 45.6 cm³/mol. The maximum atomic E-state index is 13.1. The van der Waals surface area contributed by atoms with E-state index in [4.69, 9.17) is 0 Å². The van der Waals surface area contributed by atoms with Crippen LogP contribution >= 0.6 is 0 Å². The van der Waals surface area contributed by atoms with Gasteiger partial charge in [-0.1, -0.05) is 0 Å². The molecular weight excluding hydrogens is 306 g/mol. The lowest BCUT2D eigenvalue weighted by molar-refractivity contribution is -0.406. The quantitative estimate of drug-likeness (QED) is 0.508. The third-order valence-corrected chi connectivity index (χ3v) is 3.25. The zero-order chi connectivity index (χ0) is 15.6. The van der Waals surface area contributed by atoms with E-state index >= 15 is 0 Å². The first-order valence-electron chi connectivity index (χ1n) is 5.33. The number of alkyl halides is 8. The molecule has 3 nitrogen and oxygen atoms in total. The fourth-order valence-corrected chi connectivity index (χ4v) is 2.39. The third kappa shape index (κ3) is 1.93. The normalized spacial score (nSPS) is 30.0. The van der Waals surface area contributed by atoms with E-state index in [0.29, 0.717) is 0 Å². The lowest BCUT2D eigenvalue weighted by Crippen LogP contribution is -2.69. The van der Waals surface area contributed by atoms with Crippen LogP contribution < -0.4 is 0 Å². The van der Waals surface area contributed by atoms with E-state index in [1.807, 2.05) is 0 Å². The number of halogens is 8. The van der Waals surface area contributed by atoms with Crippen molar-refractivity contribution in [2.75, 3.05) is 6.54 Å². The average molecular weight is 313 g/mol. The molecule has 20 heavy (non-hydrogen) atoms. The number of rotatable bonds is 0. The van der Waals surface area contributed by atoms with Crippen molar-refractivity contribution in [3.05, 3.63) is 0 Å². The summed E-state index contributed by atoms with van der Waals surface area (Å²) in [5, 5.41) is 0. The second-order valence-corrected chi connectivity index (χ2v) is 4.60. The van der Waals surface area contributed by atoms with Crippen LogP contribution in [0.2, 0.25) is 0 Å². The van der Waals surface area contributed by atoms with Crippen molar-refractivity contribution >= 4 is 5.97 Å². The minimum atomic E-state index is -6.08. The summed E-state index contributed by atoms with van der Waals surface area (Å²) in [6, 6.07) is -1.97. The smallest absolute Gasteiger partial charge is 0.423 e. The van der Waals surface area contributed by atoms with Crippen LogP contribution in [0.25, 0.3) is 0 Å². The second-order valence-electron chi connectivity index (χ2n) is 4.60. The number of fused-ring (bicyclic) bond motifs is 1. The molecule has 0 radical (unpaired) electrons. The Morgan fingerprint density at radius 2 is 1.60 bits per heavy atom. The summed E-state index contributed by atoms with van der Waals surface area (Å²) in [5.74, 6) is -5.55. The van der Waals surface area contributed by atoms with E-state index in [-0.39, 0.29) is 0 Å². The maximum Gasteiger partial charge on any atom is 0.453 e. The van der Waals surface area contributed by atoms with Gasteiger partial charge in [-0.05, 0) is 6.42 Å². The van der Waals surface area contributed by atoms with Gasteiger partial charge < -0.3 is 4.74 Å². The number of carbonyl (C=O) groups is 1. The number of carbonyl (C=O) groups excluding carboxylic acids is 1. The van der Waals surface area contributed by atoms with Crippen LogP contribution in [0.5, 0.6) is 0 Å². The first-order chi connectivity index (χ1) is 8.82. The largest absolute Gasteiger partial charge is 0.453 e. The summed E-state index contributed by atoms with van der Waals surface area (Å²) < 4.78 is 107. The SMILES string of the molecule is O=C1OC(C(F)(F)F)(C(F)(F)F)N2CC(F)(F)CC[C@@H]12. The van der Waals surface area contributed by atoms with Crippen LogP contribution in [0.1, 0.15) is 12.8 Å². The lowest BCUT2D eigenvalue weighted by atomic mass is 9.97. The highest BCUT2D eigenvalue weighted by Gasteiger charge is 2.82. The maximum absolute atomic E-state index is 13.1. The van der Waals surface area contributed by atoms with Gasteiger partial charge in [0.05, 0.1) is 6.54 Å². The first kappa shape index (κ1) is 15.3. The third-order valence-electron chi connectivity index (χ3n) is 3.25. The van der Waals surface area contributed by atoms with Gasteiger partial charge in [-0.2, -0.15) is 26.3 Å². The molecule has 2 aliphatic rings. The van der Waals surface area contributed by atoms with Crippen LogP contribution in [-0.4, -0.2) is 47.5 Å². The molecule has 2 rings (SSSR count). The molecule has 0 saturated carbocycles. The molecule has 0 aromatic carbocycles. The summed E-state index contributed by atoms with van der Waals surface area (Å²) >= 11 is 0. The van der Waals surface area contributed by atoms with Gasteiger partial charge >= 0.3 is 24.0 Å². The molecule has 0 aromatic rings. The van der Waals surface area contributed by atoms with Gasteiger partial charge in [0.2, 0.25) is 0 Å². The lowest BCUT2D eigenvalue weighted by Gasteiger charge is -2.42. The number of piperidine rings is 1. The number of hydrogen-bond donors (Lipinski definition) is 0. The summed E-state index contributed by atoms with van der Waals surface area (Å²) in [5.41, 5.74) is -5.01. The number of cyclic esters (lactones) is 1. The van der Waals surface area contributed by atoms with E-state index in [1.165, 1.54) is 0 Å². The van der Waals surface area contributed by atoms with E-state index in [9.17, 15) is 39.9 Å². The van der Waals surface area contributed by atoms with Gasteiger partial charge in [-0.25, -0.2) is 13.7 Å². The molecule has 0 unspecified atom stereocenters. The highest BCUT2D eigenvalue weighted by Crippen LogP contribution is 2.54. The molecule has 0 amide bonds. The van der Waals surface area contributed by atoms with E-state index in [1.54, 1.807) is 0 Å². The minimum Gasteiger partial charge on any atom is -0.423 e. The van der Waals surface area contributed by atoms with Crippen LogP contribution in [0.4, 0.5) is 35.1 Å². The number of nitrogens with zero attached hydrogens (tertiary/aromatic N) is 1. The van der Waals surface area contributed by atoms with E-state index < -0.39 is 60.3 Å². The Balaban J connectivity index is 2.55. The highest BCUT2D eigenvalue weighted by atomic mass is 19.4. The Hall–Kier alpha value is -1.13. The first-order valence-corrected chi connectivity index (χ1v) is 5.33. The summed E-state index contributed by atoms with van der Waals surface area (Å²) in [6.07, 6.45) is -14.0. The summed E-state index contributed by atoms with van der Waals surface area (Å²) in [7, 11) is 0. The van der Waals surface area contributed by atoms with Crippen molar-refractivity contribution in [1.29, 1.82) is 0 Å². The zero-order valence-electron chi connectivity index (χ0n) is 9.49. The number of ether oxygens (including phenoxy) is 1. The Morgan fingerprint density at radius 1 is 1.10 bits per heavy atom. The van der Waals surface area contributed by atoms with Crippen molar-refractivity contribution in [2.24, 2.45) is 0 Å². The van der Waals surface area contributed by atoms with Crippen molar-refractivity contribution in [3.8, 4) is 0 Å². The van der Waals surface area contributed by atoms with Gasteiger partial charge in [0.1, 0.15) is 6.04 Å². The molecule has 0 N–H and O–H groups in total. The van der Waals surface area contributed by atoms with Crippen LogP contribution in [0.15, 0.2) is 0 Å². The summed E-state index contributed by atoms with van der Waals surface area (Å²) in [6.45, 7) is -1.84. The zero-order valence-corrected chi connectivity index (χ0v) is 9.49. The minimum absolute atomic E-state index is 0.626. The summed E-state index contributed by atoms with van der Waals surface area (Å²) in [4.78, 5) is 10.6. The fraction of sp³-hybridized carbons (Fsp3) is 0.889. The average Bonchev–Trinajstić information content (AvgIpc) is 2.49. The van der Waals surface area contributed by atoms with Crippen LogP contribution in [0, 0.1) is 0 Å². The second kappa shape index (κ2) is 3.95. The van der Waals surface area contributed by atoms with E-state index in [2.05, 4.69) is 4.74 Å². The van der Waals surface area contributed by atoms with Gasteiger partial charge in [0.15, 0.2) is 0 Å². The Labute approximate surface area is 106 Å². The van der Waals surface area contributed by atoms with Gasteiger partial charge in [-0.3, -0.25) is 4.79 Å². The molecule has 0 bridgehead atoms. The molecule has 1 atom stereocenters. The topological polar surface area (TPSA) is 29.5 Å². The van der Waals surface area contributed by atoms with Gasteiger partial charge in [0, 0.05) is 6.42 Å². The Morgan fingerprint density at radius 3 is 2.05 bits per heavy atom. The Kier molecular flexibility index (Phi) is 3.02. The standard InChI is InChI=1S/C9H7F8NO2/c10-6(11)2-1-4-5(19)20-7(8(12,13)14,9(15,16)17)18(4)3-6/h4H,1-3H2/t4-/m0/s1. The van der Waals surface area contributed by atoms with Crippen molar-refractivity contribution in [3.63, 3.8) is 0 Å². The van der Waals surface area contributed by atoms with Gasteiger partial charge in [0.25, 0.3) is 5.92 Å². The molecule has 0 aliphatic carbocycles. The number of esters is 1. The monoisotopic (exact) mass is 313 g/mol. The molecule has 0 spiro atoms. The molecule has 2 saturated heterocycles. The van der Waals surface area contributed by atoms with E-state index in [0.717, 1.165) is 0 Å². The van der Waals surface area contributed by atoms with Crippen molar-refractivity contribution in [1.82, 2.24) is 4.90 Å². The van der Waals surface area contributed by atoms with Crippen molar-refractivity contribution in [2.45, 2.75) is 42.9 Å². The molecule has 116 valence electrons. The highest BCUT2D eigenvalue weighted by molar-refractivity contribution is 5.79. The molecular formula is C9H7F8NO2. The van der Waals surface area contributed by atoms with Crippen molar-refractivity contribution < 1.29 is 44.7 Å². The molecule has 2 heterocycles.